The molecular weight excluding hydrogens is 572 g/mol. The van der Waals surface area contributed by atoms with E-state index in [1.165, 1.54) is 116 Å². The lowest BCUT2D eigenvalue weighted by Gasteiger charge is -2.24. The zero-order valence-electron chi connectivity index (χ0n) is 31.9. The molecule has 0 aromatic carbocycles. The van der Waals surface area contributed by atoms with Crippen LogP contribution in [0.5, 0.6) is 0 Å². The van der Waals surface area contributed by atoms with Gasteiger partial charge in [0.2, 0.25) is 0 Å². The molecule has 0 heterocycles. The zero-order chi connectivity index (χ0) is 34.1. The van der Waals surface area contributed by atoms with Gasteiger partial charge in [-0.25, -0.2) is 0 Å². The van der Waals surface area contributed by atoms with Crippen molar-refractivity contribution in [3.8, 4) is 0 Å². The van der Waals surface area contributed by atoms with E-state index < -0.39 is 0 Å². The molecule has 274 valence electrons. The molecule has 0 aliphatic carbocycles. The van der Waals surface area contributed by atoms with Gasteiger partial charge in [-0.05, 0) is 77.5 Å². The van der Waals surface area contributed by atoms with Crippen LogP contribution in [0.2, 0.25) is 0 Å². The SMILES string of the molecule is CCCC(CC)CCOC(=O)CCCCCCCCCN(CCCCCCCCCC(=O)OCCC(CC)CCC)CCN(C)C. The summed E-state index contributed by atoms with van der Waals surface area (Å²) >= 11 is 0. The summed E-state index contributed by atoms with van der Waals surface area (Å²) in [6.45, 7) is 14.8. The minimum Gasteiger partial charge on any atom is -0.466 e. The maximum atomic E-state index is 12.0. The monoisotopic (exact) mass is 653 g/mol. The lowest BCUT2D eigenvalue weighted by Crippen LogP contribution is -2.33. The molecule has 0 fully saturated rings. The molecule has 0 aliphatic heterocycles. The van der Waals surface area contributed by atoms with Gasteiger partial charge in [-0.1, -0.05) is 130 Å². The Bertz CT molecular complexity index is 622. The largest absolute Gasteiger partial charge is 0.466 e. The molecule has 0 N–H and O–H groups in total. The molecule has 0 spiro atoms. The van der Waals surface area contributed by atoms with E-state index in [4.69, 9.17) is 9.47 Å². The summed E-state index contributed by atoms with van der Waals surface area (Å²) in [4.78, 5) is 29.0. The molecule has 6 nitrogen and oxygen atoms in total. The Balaban J connectivity index is 3.80. The fourth-order valence-corrected chi connectivity index (χ4v) is 6.40. The number of carbonyl (C=O) groups is 2. The van der Waals surface area contributed by atoms with Gasteiger partial charge in [0, 0.05) is 25.9 Å². The maximum absolute atomic E-state index is 12.0. The van der Waals surface area contributed by atoms with Gasteiger partial charge in [-0.2, -0.15) is 0 Å². The molecule has 0 saturated heterocycles. The van der Waals surface area contributed by atoms with E-state index >= 15 is 0 Å². The summed E-state index contributed by atoms with van der Waals surface area (Å²) in [6.07, 6.45) is 27.5. The van der Waals surface area contributed by atoms with Crippen LogP contribution in [0.1, 0.15) is 182 Å². The maximum Gasteiger partial charge on any atom is 0.305 e. The third kappa shape index (κ3) is 30.2. The molecule has 2 atom stereocenters. The lowest BCUT2D eigenvalue weighted by molar-refractivity contribution is -0.145. The highest BCUT2D eigenvalue weighted by atomic mass is 16.5. The van der Waals surface area contributed by atoms with E-state index in [0.29, 0.717) is 37.9 Å². The number of carbonyl (C=O) groups excluding carboxylic acids is 2. The summed E-state index contributed by atoms with van der Waals surface area (Å²) in [5, 5.41) is 0. The molecule has 0 aromatic heterocycles. The highest BCUT2D eigenvalue weighted by Gasteiger charge is 2.10. The van der Waals surface area contributed by atoms with Crippen LogP contribution in [0.15, 0.2) is 0 Å². The quantitative estimate of drug-likeness (QED) is 0.0501. The Morgan fingerprint density at radius 3 is 1.20 bits per heavy atom. The van der Waals surface area contributed by atoms with E-state index in [1.807, 2.05) is 0 Å². The van der Waals surface area contributed by atoms with Crippen molar-refractivity contribution >= 4 is 11.9 Å². The standard InChI is InChI=1S/C40H80N2O4/c1-7-25-37(9-3)29-35-45-39(43)27-21-17-13-11-15-19-23-31-42(34-33-41(5)6)32-24-20-16-12-14-18-22-28-40(44)46-36-30-38(10-4)26-8-2/h37-38H,7-36H2,1-6H3. The minimum absolute atomic E-state index is 0.00320. The molecule has 0 amide bonds. The summed E-state index contributed by atoms with van der Waals surface area (Å²) in [5.74, 6) is 1.40. The summed E-state index contributed by atoms with van der Waals surface area (Å²) in [6, 6.07) is 0. The molecule has 0 radical (unpaired) electrons. The first-order chi connectivity index (χ1) is 22.4. The predicted molar refractivity (Wildman–Crippen MR) is 197 cm³/mol. The summed E-state index contributed by atoms with van der Waals surface area (Å²) < 4.78 is 10.9. The van der Waals surface area contributed by atoms with Gasteiger partial charge in [0.15, 0.2) is 0 Å². The van der Waals surface area contributed by atoms with Crippen molar-refractivity contribution in [2.75, 3.05) is 53.5 Å². The normalized spacial score (nSPS) is 13.0. The molecule has 46 heavy (non-hydrogen) atoms. The first-order valence-electron chi connectivity index (χ1n) is 20.0. The zero-order valence-corrected chi connectivity index (χ0v) is 31.9. The highest BCUT2D eigenvalue weighted by molar-refractivity contribution is 5.69. The van der Waals surface area contributed by atoms with Gasteiger partial charge in [0.1, 0.15) is 0 Å². The fourth-order valence-electron chi connectivity index (χ4n) is 6.40. The van der Waals surface area contributed by atoms with Gasteiger partial charge in [-0.15, -0.1) is 0 Å². The second kappa shape index (κ2) is 33.7. The van der Waals surface area contributed by atoms with Crippen molar-refractivity contribution in [3.63, 3.8) is 0 Å². The van der Waals surface area contributed by atoms with Crippen molar-refractivity contribution < 1.29 is 19.1 Å². The topological polar surface area (TPSA) is 59.1 Å². The van der Waals surface area contributed by atoms with Crippen LogP contribution in [-0.4, -0.2) is 75.2 Å². The molecule has 2 unspecified atom stereocenters. The van der Waals surface area contributed by atoms with Crippen molar-refractivity contribution in [1.82, 2.24) is 9.80 Å². The Labute approximate surface area is 287 Å². The van der Waals surface area contributed by atoms with E-state index in [-0.39, 0.29) is 11.9 Å². The van der Waals surface area contributed by atoms with E-state index in [2.05, 4.69) is 51.6 Å². The highest BCUT2D eigenvalue weighted by Crippen LogP contribution is 2.17. The van der Waals surface area contributed by atoms with Crippen molar-refractivity contribution in [3.05, 3.63) is 0 Å². The molecule has 0 rings (SSSR count). The van der Waals surface area contributed by atoms with Crippen LogP contribution in [0, 0.1) is 11.8 Å². The van der Waals surface area contributed by atoms with Crippen LogP contribution in [0.4, 0.5) is 0 Å². The van der Waals surface area contributed by atoms with Gasteiger partial charge in [0.05, 0.1) is 13.2 Å². The van der Waals surface area contributed by atoms with Crippen LogP contribution >= 0.6 is 0 Å². The Morgan fingerprint density at radius 1 is 0.478 bits per heavy atom. The lowest BCUT2D eigenvalue weighted by atomic mass is 9.98. The van der Waals surface area contributed by atoms with Crippen molar-refractivity contribution in [1.29, 1.82) is 0 Å². The average Bonchev–Trinajstić information content (AvgIpc) is 3.04. The van der Waals surface area contributed by atoms with Crippen LogP contribution in [0.3, 0.4) is 0 Å². The van der Waals surface area contributed by atoms with Crippen LogP contribution in [0.25, 0.3) is 0 Å². The van der Waals surface area contributed by atoms with Crippen molar-refractivity contribution in [2.24, 2.45) is 11.8 Å². The number of unbranched alkanes of at least 4 members (excludes halogenated alkanes) is 12. The molecule has 0 aromatic rings. The summed E-state index contributed by atoms with van der Waals surface area (Å²) in [7, 11) is 4.34. The molecule has 0 saturated carbocycles. The van der Waals surface area contributed by atoms with Crippen LogP contribution < -0.4 is 0 Å². The van der Waals surface area contributed by atoms with Gasteiger partial charge in [-0.3, -0.25) is 9.59 Å². The first kappa shape index (κ1) is 44.9. The Kier molecular flexibility index (Phi) is 32.9. The van der Waals surface area contributed by atoms with E-state index in [1.54, 1.807) is 0 Å². The number of esters is 2. The molecular formula is C40H80N2O4. The van der Waals surface area contributed by atoms with Gasteiger partial charge in [0.25, 0.3) is 0 Å². The smallest absolute Gasteiger partial charge is 0.305 e. The number of likely N-dealkylation sites (N-methyl/N-ethyl adjacent to an activating group) is 1. The number of hydrogen-bond donors (Lipinski definition) is 0. The average molecular weight is 653 g/mol. The third-order valence-corrected chi connectivity index (χ3v) is 9.70. The van der Waals surface area contributed by atoms with Crippen molar-refractivity contribution in [2.45, 2.75) is 182 Å². The number of rotatable bonds is 35. The Morgan fingerprint density at radius 2 is 0.848 bits per heavy atom. The van der Waals surface area contributed by atoms with E-state index in [9.17, 15) is 9.59 Å². The minimum atomic E-state index is -0.00320. The number of ether oxygens (including phenoxy) is 2. The Hall–Kier alpha value is -1.14. The third-order valence-electron chi connectivity index (χ3n) is 9.70. The first-order valence-corrected chi connectivity index (χ1v) is 20.0. The fraction of sp³-hybridized carbons (Fsp3) is 0.950. The second-order valence-electron chi connectivity index (χ2n) is 14.2. The van der Waals surface area contributed by atoms with Gasteiger partial charge >= 0.3 is 11.9 Å². The molecule has 0 aliphatic rings. The summed E-state index contributed by atoms with van der Waals surface area (Å²) in [5.41, 5.74) is 0. The second-order valence-corrected chi connectivity index (χ2v) is 14.2. The molecule has 0 bridgehead atoms. The number of hydrogen-bond acceptors (Lipinski definition) is 6. The predicted octanol–water partition coefficient (Wildman–Crippen LogP) is 10.6. The number of nitrogens with zero attached hydrogens (tertiary/aromatic N) is 2. The van der Waals surface area contributed by atoms with E-state index in [0.717, 1.165) is 51.6 Å². The van der Waals surface area contributed by atoms with Gasteiger partial charge < -0.3 is 19.3 Å². The van der Waals surface area contributed by atoms with Crippen LogP contribution in [-0.2, 0) is 19.1 Å². The molecule has 6 heteroatoms.